The average Bonchev–Trinajstić information content (AvgIpc) is 2.30. The van der Waals surface area contributed by atoms with Gasteiger partial charge in [0.15, 0.2) is 0 Å². The summed E-state index contributed by atoms with van der Waals surface area (Å²) in [5.74, 6) is 0. The van der Waals surface area contributed by atoms with Gasteiger partial charge in [0.25, 0.3) is 10.2 Å². The molecule has 0 bridgehead atoms. The largest absolute Gasteiger partial charge is 0.396 e. The van der Waals surface area contributed by atoms with Gasteiger partial charge in [0.1, 0.15) is 0 Å². The molecule has 0 atom stereocenters. The molecule has 1 N–H and O–H groups in total. The number of aliphatic hydroxyl groups excluding tert-OH is 1. The van der Waals surface area contributed by atoms with Gasteiger partial charge in [-0.2, -0.15) is 17.0 Å². The number of piperazine rings is 1. The third-order valence-electron chi connectivity index (χ3n) is 3.00. The van der Waals surface area contributed by atoms with Crippen molar-refractivity contribution in [1.82, 2.24) is 13.5 Å². The Kier molecular flexibility index (Phi) is 5.81. The van der Waals surface area contributed by atoms with E-state index in [1.165, 1.54) is 8.61 Å². The fraction of sp³-hybridized carbons (Fsp3) is 1.00. The van der Waals surface area contributed by atoms with Crippen LogP contribution < -0.4 is 0 Å². The molecule has 1 saturated heterocycles. The second-order valence-corrected chi connectivity index (χ2v) is 6.60. The fourth-order valence-corrected chi connectivity index (χ4v) is 2.95. The summed E-state index contributed by atoms with van der Waals surface area (Å²) in [4.78, 5) is 2.25. The molecule has 1 aliphatic rings. The first-order chi connectivity index (χ1) is 7.98. The molecule has 17 heavy (non-hydrogen) atoms. The molecule has 6 nitrogen and oxygen atoms in total. The highest BCUT2D eigenvalue weighted by Crippen LogP contribution is 2.10. The average molecular weight is 265 g/mol. The number of aliphatic hydroxyl groups is 1. The van der Waals surface area contributed by atoms with Crippen molar-refractivity contribution in [2.45, 2.75) is 12.8 Å². The highest BCUT2D eigenvalue weighted by Gasteiger charge is 2.28. The molecule has 0 saturated carbocycles. The van der Waals surface area contributed by atoms with Crippen LogP contribution in [-0.2, 0) is 10.2 Å². The molecule has 0 spiro atoms. The highest BCUT2D eigenvalue weighted by molar-refractivity contribution is 7.86. The van der Waals surface area contributed by atoms with Gasteiger partial charge >= 0.3 is 0 Å². The Hall–Kier alpha value is -0.210. The number of hydrogen-bond donors (Lipinski definition) is 1. The molecule has 1 rings (SSSR count). The van der Waals surface area contributed by atoms with Gasteiger partial charge in [-0.25, -0.2) is 0 Å². The summed E-state index contributed by atoms with van der Waals surface area (Å²) in [5.41, 5.74) is 0. The summed E-state index contributed by atoms with van der Waals surface area (Å²) in [6.45, 7) is 3.83. The molecule has 102 valence electrons. The zero-order valence-corrected chi connectivity index (χ0v) is 11.5. The number of hydrogen-bond acceptors (Lipinski definition) is 4. The van der Waals surface area contributed by atoms with Crippen molar-refractivity contribution in [3.63, 3.8) is 0 Å². The maximum absolute atomic E-state index is 11.9. The van der Waals surface area contributed by atoms with Crippen LogP contribution in [0.2, 0.25) is 0 Å². The molecule has 0 aromatic carbocycles. The minimum absolute atomic E-state index is 0.231. The Morgan fingerprint density at radius 2 is 1.71 bits per heavy atom. The molecule has 0 unspecified atom stereocenters. The minimum atomic E-state index is -3.25. The maximum Gasteiger partial charge on any atom is 0.281 e. The van der Waals surface area contributed by atoms with Crippen LogP contribution in [0.15, 0.2) is 0 Å². The Morgan fingerprint density at radius 3 is 2.18 bits per heavy atom. The summed E-state index contributed by atoms with van der Waals surface area (Å²) in [7, 11) is -0.132. The van der Waals surface area contributed by atoms with Crippen LogP contribution in [0, 0.1) is 0 Å². The van der Waals surface area contributed by atoms with Crippen LogP contribution in [0.1, 0.15) is 12.8 Å². The van der Waals surface area contributed by atoms with Crippen LogP contribution in [0.3, 0.4) is 0 Å². The smallest absolute Gasteiger partial charge is 0.281 e. The zero-order valence-electron chi connectivity index (χ0n) is 10.7. The molecule has 0 aromatic rings. The lowest BCUT2D eigenvalue weighted by atomic mass is 10.3. The molecule has 0 aromatic heterocycles. The van der Waals surface area contributed by atoms with E-state index in [9.17, 15) is 8.42 Å². The maximum atomic E-state index is 11.9. The standard InChI is InChI=1S/C10H23N3O3S/c1-11(2)17(15,16)13-8-6-12(7-9-13)5-3-4-10-14/h14H,3-10H2,1-2H3. The molecule has 1 aliphatic heterocycles. The molecule has 1 fully saturated rings. The third kappa shape index (κ3) is 4.18. The fourth-order valence-electron chi connectivity index (χ4n) is 1.86. The predicted molar refractivity (Wildman–Crippen MR) is 66.9 cm³/mol. The Bertz CT molecular complexity index is 311. The van der Waals surface area contributed by atoms with E-state index in [-0.39, 0.29) is 6.61 Å². The zero-order chi connectivity index (χ0) is 12.9. The summed E-state index contributed by atoms with van der Waals surface area (Å²) in [6.07, 6.45) is 1.78. The Balaban J connectivity index is 2.36. The highest BCUT2D eigenvalue weighted by atomic mass is 32.2. The van der Waals surface area contributed by atoms with Crippen molar-refractivity contribution in [2.75, 3.05) is 53.4 Å². The molecular weight excluding hydrogens is 242 g/mol. The van der Waals surface area contributed by atoms with Gasteiger partial charge in [-0.3, -0.25) is 0 Å². The first-order valence-electron chi connectivity index (χ1n) is 5.99. The molecule has 7 heteroatoms. The quantitative estimate of drug-likeness (QED) is 0.638. The number of nitrogens with zero attached hydrogens (tertiary/aromatic N) is 3. The Morgan fingerprint density at radius 1 is 1.12 bits per heavy atom. The van der Waals surface area contributed by atoms with Gasteiger partial charge in [0, 0.05) is 46.9 Å². The lowest BCUT2D eigenvalue weighted by molar-refractivity contribution is 0.176. The van der Waals surface area contributed by atoms with Crippen LogP contribution in [-0.4, -0.2) is 80.5 Å². The SMILES string of the molecule is CN(C)S(=O)(=O)N1CCN(CCCCO)CC1. The van der Waals surface area contributed by atoms with Gasteiger partial charge < -0.3 is 10.0 Å². The van der Waals surface area contributed by atoms with Crippen LogP contribution >= 0.6 is 0 Å². The van der Waals surface area contributed by atoms with E-state index < -0.39 is 10.2 Å². The lowest BCUT2D eigenvalue weighted by Crippen LogP contribution is -2.51. The lowest BCUT2D eigenvalue weighted by Gasteiger charge is -2.35. The summed E-state index contributed by atoms with van der Waals surface area (Å²) in [6, 6.07) is 0. The second-order valence-electron chi connectivity index (χ2n) is 4.46. The van der Waals surface area contributed by atoms with E-state index in [2.05, 4.69) is 4.90 Å². The van der Waals surface area contributed by atoms with Gasteiger partial charge in [-0.05, 0) is 19.4 Å². The molecular formula is C10H23N3O3S. The summed E-state index contributed by atoms with van der Waals surface area (Å²) >= 11 is 0. The van der Waals surface area contributed by atoms with Crippen molar-refractivity contribution in [3.05, 3.63) is 0 Å². The van der Waals surface area contributed by atoms with Crippen molar-refractivity contribution in [3.8, 4) is 0 Å². The van der Waals surface area contributed by atoms with Crippen LogP contribution in [0.25, 0.3) is 0 Å². The summed E-state index contributed by atoms with van der Waals surface area (Å²) < 4.78 is 26.5. The van der Waals surface area contributed by atoms with E-state index in [0.717, 1.165) is 32.5 Å². The second kappa shape index (κ2) is 6.65. The normalized spacial score (nSPS) is 20.0. The number of rotatable bonds is 6. The van der Waals surface area contributed by atoms with Crippen LogP contribution in [0.4, 0.5) is 0 Å². The van der Waals surface area contributed by atoms with Crippen LogP contribution in [0.5, 0.6) is 0 Å². The predicted octanol–water partition coefficient (Wildman–Crippen LogP) is -0.817. The van der Waals surface area contributed by atoms with E-state index in [1.807, 2.05) is 0 Å². The monoisotopic (exact) mass is 265 g/mol. The topological polar surface area (TPSA) is 64.1 Å². The van der Waals surface area contributed by atoms with Gasteiger partial charge in [0.05, 0.1) is 0 Å². The van der Waals surface area contributed by atoms with Crippen molar-refractivity contribution in [2.24, 2.45) is 0 Å². The van der Waals surface area contributed by atoms with Gasteiger partial charge in [-0.1, -0.05) is 0 Å². The van der Waals surface area contributed by atoms with E-state index in [1.54, 1.807) is 14.1 Å². The molecule has 0 aliphatic carbocycles. The van der Waals surface area contributed by atoms with Gasteiger partial charge in [0.2, 0.25) is 0 Å². The van der Waals surface area contributed by atoms with Gasteiger partial charge in [-0.15, -0.1) is 0 Å². The summed E-state index contributed by atoms with van der Waals surface area (Å²) in [5, 5.41) is 8.69. The van der Waals surface area contributed by atoms with Crippen molar-refractivity contribution < 1.29 is 13.5 Å². The van der Waals surface area contributed by atoms with Crippen molar-refractivity contribution >= 4 is 10.2 Å². The van der Waals surface area contributed by atoms with E-state index >= 15 is 0 Å². The molecule has 0 amide bonds. The first-order valence-corrected chi connectivity index (χ1v) is 7.39. The first kappa shape index (κ1) is 14.8. The number of unbranched alkanes of at least 4 members (excludes halogenated alkanes) is 1. The molecule has 0 radical (unpaired) electrons. The minimum Gasteiger partial charge on any atom is -0.396 e. The Labute approximate surface area is 104 Å². The van der Waals surface area contributed by atoms with Crippen molar-refractivity contribution in [1.29, 1.82) is 0 Å². The van der Waals surface area contributed by atoms with E-state index in [4.69, 9.17) is 5.11 Å². The molecule has 1 heterocycles. The third-order valence-corrected chi connectivity index (χ3v) is 4.94. The van der Waals surface area contributed by atoms with E-state index in [0.29, 0.717) is 13.1 Å².